The maximum atomic E-state index is 14.6. The number of carbonyl (C=O) groups excluding carboxylic acids is 2. The van der Waals surface area contributed by atoms with Gasteiger partial charge in [0.1, 0.15) is 12.3 Å². The van der Waals surface area contributed by atoms with Crippen LogP contribution >= 0.6 is 11.6 Å². The van der Waals surface area contributed by atoms with E-state index >= 15 is 0 Å². The molecule has 0 bridgehead atoms. The van der Waals surface area contributed by atoms with Crippen molar-refractivity contribution in [3.8, 4) is 5.75 Å². The van der Waals surface area contributed by atoms with Gasteiger partial charge in [0.25, 0.3) is 11.5 Å². The topological polar surface area (TPSA) is 144 Å². The molecule has 4 atom stereocenters. The van der Waals surface area contributed by atoms with Gasteiger partial charge in [0, 0.05) is 35.5 Å². The van der Waals surface area contributed by atoms with Crippen LogP contribution in [0, 0.1) is 5.92 Å². The molecule has 16 heteroatoms. The molecule has 51 heavy (non-hydrogen) atoms. The van der Waals surface area contributed by atoms with Crippen molar-refractivity contribution in [1.29, 1.82) is 0 Å². The SMILES string of the molecule is C[C@@H]1C[C@]2(CCN(C(=O)c3ncccc3O)[C@@H]3CC[C@@H]32)c2c1n(CC(=O)Nc1ccc(C(F)(F)F)cc1Cl)c1nc(C3=CCOCC3)nn1c2=O. The molecule has 1 aromatic carbocycles. The van der Waals surface area contributed by atoms with Gasteiger partial charge < -0.3 is 24.6 Å². The minimum atomic E-state index is -4.60. The van der Waals surface area contributed by atoms with Crippen LogP contribution in [-0.4, -0.2) is 71.8 Å². The number of anilines is 1. The zero-order valence-corrected chi connectivity index (χ0v) is 28.2. The number of alkyl halides is 3. The van der Waals surface area contributed by atoms with Crippen molar-refractivity contribution in [2.45, 2.75) is 69.1 Å². The van der Waals surface area contributed by atoms with Crippen LogP contribution < -0.4 is 10.9 Å². The van der Waals surface area contributed by atoms with Gasteiger partial charge >= 0.3 is 6.18 Å². The van der Waals surface area contributed by atoms with Crippen LogP contribution in [0.1, 0.15) is 78.1 Å². The summed E-state index contributed by atoms with van der Waals surface area (Å²) in [5, 5.41) is 17.4. The fraction of sp³-hybridized carbons (Fsp3) is 0.429. The van der Waals surface area contributed by atoms with Crippen molar-refractivity contribution in [1.82, 2.24) is 29.0 Å². The first kappa shape index (κ1) is 33.4. The molecule has 0 unspecified atom stereocenters. The fourth-order valence-electron chi connectivity index (χ4n) is 8.63. The van der Waals surface area contributed by atoms with Gasteiger partial charge in [0.2, 0.25) is 11.7 Å². The summed E-state index contributed by atoms with van der Waals surface area (Å²) in [6, 6.07) is 5.51. The van der Waals surface area contributed by atoms with Gasteiger partial charge in [-0.15, -0.1) is 5.10 Å². The lowest BCUT2D eigenvalue weighted by atomic mass is 9.55. The Bertz CT molecular complexity index is 2200. The molecule has 3 aromatic heterocycles. The first-order valence-electron chi connectivity index (χ1n) is 16.8. The highest BCUT2D eigenvalue weighted by Crippen LogP contribution is 2.59. The summed E-state index contributed by atoms with van der Waals surface area (Å²) in [5.41, 5.74) is 0.106. The first-order chi connectivity index (χ1) is 24.4. The number of piperidine rings is 1. The van der Waals surface area contributed by atoms with E-state index in [0.717, 1.165) is 36.6 Å². The molecular weight excluding hydrogens is 691 g/mol. The summed E-state index contributed by atoms with van der Waals surface area (Å²) in [7, 11) is 0. The summed E-state index contributed by atoms with van der Waals surface area (Å²) in [6.07, 6.45) is 1.83. The number of hydrogen-bond acceptors (Lipinski definition) is 8. The number of ether oxygens (including phenoxy) is 1. The number of carbonyl (C=O) groups is 2. The molecule has 1 spiro atoms. The highest BCUT2D eigenvalue weighted by Gasteiger charge is 2.60. The second kappa shape index (κ2) is 12.2. The van der Waals surface area contributed by atoms with E-state index < -0.39 is 23.1 Å². The van der Waals surface area contributed by atoms with Crippen molar-refractivity contribution < 1.29 is 32.6 Å². The van der Waals surface area contributed by atoms with Crippen LogP contribution in [0.15, 0.2) is 47.4 Å². The van der Waals surface area contributed by atoms with E-state index in [1.54, 1.807) is 15.5 Å². The predicted octanol–water partition coefficient (Wildman–Crippen LogP) is 5.18. The lowest BCUT2D eigenvalue weighted by molar-refractivity contribution is -0.137. The Morgan fingerprint density at radius 1 is 1.22 bits per heavy atom. The molecule has 4 aromatic rings. The number of rotatable bonds is 5. The van der Waals surface area contributed by atoms with Crippen molar-refractivity contribution >= 4 is 40.5 Å². The Morgan fingerprint density at radius 3 is 2.73 bits per heavy atom. The third-order valence-corrected chi connectivity index (χ3v) is 11.3. The van der Waals surface area contributed by atoms with E-state index in [2.05, 4.69) is 15.4 Å². The Kier molecular flexibility index (Phi) is 7.98. The van der Waals surface area contributed by atoms with Gasteiger partial charge in [-0.3, -0.25) is 14.4 Å². The lowest BCUT2D eigenvalue weighted by Crippen LogP contribution is -2.63. The minimum Gasteiger partial charge on any atom is -0.505 e. The molecule has 5 heterocycles. The Morgan fingerprint density at radius 2 is 2.04 bits per heavy atom. The van der Waals surface area contributed by atoms with Gasteiger partial charge in [0.05, 0.1) is 29.5 Å². The third kappa shape index (κ3) is 5.39. The summed E-state index contributed by atoms with van der Waals surface area (Å²) in [6.45, 7) is 2.85. The molecule has 4 aliphatic rings. The Hall–Kier alpha value is -4.76. The molecule has 0 radical (unpaired) electrons. The molecule has 2 aliphatic carbocycles. The number of likely N-dealkylation sites (tertiary alicyclic amines) is 1. The first-order valence-corrected chi connectivity index (χ1v) is 17.2. The normalized spacial score (nSPS) is 24.2. The van der Waals surface area contributed by atoms with E-state index in [1.165, 1.54) is 16.8 Å². The zero-order chi connectivity index (χ0) is 35.8. The lowest BCUT2D eigenvalue weighted by Gasteiger charge is -2.57. The zero-order valence-electron chi connectivity index (χ0n) is 27.4. The van der Waals surface area contributed by atoms with Crippen LogP contribution in [0.2, 0.25) is 5.02 Å². The van der Waals surface area contributed by atoms with Gasteiger partial charge in [-0.25, -0.2) is 4.98 Å². The number of nitrogens with zero attached hydrogens (tertiary/aromatic N) is 6. The van der Waals surface area contributed by atoms with Crippen LogP contribution in [0.4, 0.5) is 18.9 Å². The van der Waals surface area contributed by atoms with Gasteiger partial charge in [0.15, 0.2) is 11.5 Å². The summed E-state index contributed by atoms with van der Waals surface area (Å²) >= 11 is 6.17. The van der Waals surface area contributed by atoms with Crippen molar-refractivity contribution in [3.05, 3.63) is 86.3 Å². The second-order valence-corrected chi connectivity index (χ2v) is 14.1. The van der Waals surface area contributed by atoms with Crippen molar-refractivity contribution in [2.75, 3.05) is 25.1 Å². The second-order valence-electron chi connectivity index (χ2n) is 13.7. The maximum Gasteiger partial charge on any atom is 0.416 e. The highest BCUT2D eigenvalue weighted by molar-refractivity contribution is 6.33. The summed E-state index contributed by atoms with van der Waals surface area (Å²) in [4.78, 5) is 52.6. The average molecular weight is 724 g/mol. The van der Waals surface area contributed by atoms with Crippen LogP contribution in [-0.2, 0) is 27.7 Å². The number of aromatic hydroxyl groups is 1. The number of benzene rings is 1. The molecule has 1 saturated carbocycles. The molecule has 1 saturated heterocycles. The largest absolute Gasteiger partial charge is 0.505 e. The number of aromatic nitrogens is 5. The van der Waals surface area contributed by atoms with E-state index in [9.17, 15) is 32.7 Å². The standard InChI is InChI=1S/C35H33ClF3N7O5/c1-18-16-34(10-12-44(24-7-5-21(24)34)32(50)28-25(47)3-2-11-40-28)27-29(18)45(17-26(48)41-23-6-4-20(15-22(23)36)35(37,38)39)33-42-30(43-46(33)31(27)49)19-8-13-51-14-9-19/h2-4,6,8,11,15,18,21,24,47H,5,7,9-10,12-14,16-17H2,1H3,(H,41,48)/t18-,21+,24-,34+/m1/s1. The molecular formula is C35H33ClF3N7O5. The fourth-order valence-corrected chi connectivity index (χ4v) is 8.86. The molecule has 2 fully saturated rings. The van der Waals surface area contributed by atoms with Gasteiger partial charge in [-0.1, -0.05) is 24.6 Å². The van der Waals surface area contributed by atoms with Crippen molar-refractivity contribution in [3.63, 3.8) is 0 Å². The number of amides is 2. The van der Waals surface area contributed by atoms with Gasteiger partial charge in [-0.05, 0) is 79.8 Å². The number of fused-ring (bicyclic) bond motifs is 5. The highest BCUT2D eigenvalue weighted by atomic mass is 35.5. The van der Waals surface area contributed by atoms with E-state index in [1.807, 2.05) is 13.0 Å². The van der Waals surface area contributed by atoms with E-state index in [-0.39, 0.29) is 63.8 Å². The van der Waals surface area contributed by atoms with Crippen molar-refractivity contribution in [2.24, 2.45) is 5.92 Å². The quantitative estimate of drug-likeness (QED) is 0.287. The Labute approximate surface area is 293 Å². The molecule has 2 N–H and O–H groups in total. The number of nitrogens with one attached hydrogen (secondary N) is 1. The summed E-state index contributed by atoms with van der Waals surface area (Å²) in [5.74, 6) is -0.873. The van der Waals surface area contributed by atoms with Crippen LogP contribution in [0.3, 0.4) is 0 Å². The van der Waals surface area contributed by atoms with E-state index in [4.69, 9.17) is 21.3 Å². The molecule has 2 aliphatic heterocycles. The summed E-state index contributed by atoms with van der Waals surface area (Å²) < 4.78 is 48.2. The molecule has 12 nitrogen and oxygen atoms in total. The Balaban J connectivity index is 1.20. The number of halogens is 4. The molecule has 8 rings (SSSR count). The monoisotopic (exact) mass is 723 g/mol. The van der Waals surface area contributed by atoms with Crippen LogP contribution in [0.25, 0.3) is 11.4 Å². The smallest absolute Gasteiger partial charge is 0.416 e. The number of pyridine rings is 1. The van der Waals surface area contributed by atoms with E-state index in [0.29, 0.717) is 56.1 Å². The predicted molar refractivity (Wildman–Crippen MR) is 179 cm³/mol. The minimum absolute atomic E-state index is 0.00991. The van der Waals surface area contributed by atoms with Crippen LogP contribution in [0.5, 0.6) is 5.75 Å². The van der Waals surface area contributed by atoms with Gasteiger partial charge in [-0.2, -0.15) is 22.7 Å². The molecule has 2 amide bonds. The average Bonchev–Trinajstić information content (AvgIpc) is 3.65. The number of hydrogen-bond donors (Lipinski definition) is 2. The maximum absolute atomic E-state index is 14.6. The third-order valence-electron chi connectivity index (χ3n) is 10.9. The molecule has 266 valence electrons.